The van der Waals surface area contributed by atoms with E-state index in [4.69, 9.17) is 0 Å². The number of rotatable bonds is 9. The number of hydrogen-bond donors (Lipinski definition) is 1. The second kappa shape index (κ2) is 12.6. The lowest BCUT2D eigenvalue weighted by Crippen LogP contribution is -2.48. The van der Waals surface area contributed by atoms with Crippen LogP contribution in [0.4, 0.5) is 0 Å². The van der Waals surface area contributed by atoms with Crippen molar-refractivity contribution >= 4 is 5.91 Å². The minimum Gasteiger partial charge on any atom is -0.366 e. The van der Waals surface area contributed by atoms with Gasteiger partial charge in [0.05, 0.1) is 26.2 Å². The molecular weight excluding hydrogens is 224 g/mol. The van der Waals surface area contributed by atoms with E-state index in [-0.39, 0.29) is 0 Å². The number of unbranched alkanes of at least 4 members (excludes halogenated alkanes) is 3. The van der Waals surface area contributed by atoms with E-state index >= 15 is 0 Å². The number of quaternary nitrogens is 1. The molecule has 0 saturated carbocycles. The van der Waals surface area contributed by atoms with Gasteiger partial charge in [0.2, 0.25) is 5.91 Å². The van der Waals surface area contributed by atoms with Crippen LogP contribution in [0.15, 0.2) is 12.7 Å². The summed E-state index contributed by atoms with van der Waals surface area (Å²) in [5.74, 6) is -0.481. The van der Waals surface area contributed by atoms with Crippen LogP contribution in [-0.4, -0.2) is 36.6 Å². The van der Waals surface area contributed by atoms with Gasteiger partial charge in [0, 0.05) is 0 Å². The monoisotopic (exact) mass is 257 g/mol. The molecule has 0 heterocycles. The summed E-state index contributed by atoms with van der Waals surface area (Å²) in [4.78, 5) is 9.47. The zero-order valence-electron chi connectivity index (χ0n) is 12.9. The molecule has 18 heavy (non-hydrogen) atoms. The van der Waals surface area contributed by atoms with Crippen LogP contribution < -0.4 is 5.73 Å². The number of nitrogens with zero attached hydrogens (tertiary/aromatic N) is 1. The third kappa shape index (κ3) is 10.3. The Morgan fingerprint density at radius 2 is 1.50 bits per heavy atom. The minimum atomic E-state index is -0.481. The predicted molar refractivity (Wildman–Crippen MR) is 80.3 cm³/mol. The van der Waals surface area contributed by atoms with Gasteiger partial charge in [0.15, 0.2) is 0 Å². The highest BCUT2D eigenvalue weighted by Crippen LogP contribution is 2.10. The van der Waals surface area contributed by atoms with E-state index in [1.165, 1.54) is 56.3 Å². The molecule has 2 N–H and O–H groups in total. The molecule has 0 fully saturated rings. The fourth-order valence-electron chi connectivity index (χ4n) is 2.02. The summed E-state index contributed by atoms with van der Waals surface area (Å²) >= 11 is 0. The van der Waals surface area contributed by atoms with Crippen LogP contribution in [0.2, 0.25) is 0 Å². The van der Waals surface area contributed by atoms with Crippen molar-refractivity contribution in [2.24, 2.45) is 5.73 Å². The van der Waals surface area contributed by atoms with Crippen LogP contribution in [0, 0.1) is 0 Å². The van der Waals surface area contributed by atoms with Gasteiger partial charge in [0.1, 0.15) is 0 Å². The maximum absolute atomic E-state index is 9.47. The molecule has 0 saturated heterocycles. The van der Waals surface area contributed by atoms with Gasteiger partial charge in [-0.05, 0) is 39.7 Å². The van der Waals surface area contributed by atoms with E-state index in [1.807, 2.05) is 0 Å². The average molecular weight is 257 g/mol. The van der Waals surface area contributed by atoms with Crippen molar-refractivity contribution in [2.45, 2.75) is 53.4 Å². The summed E-state index contributed by atoms with van der Waals surface area (Å²) in [5, 5.41) is 0. The third-order valence-corrected chi connectivity index (χ3v) is 3.70. The van der Waals surface area contributed by atoms with Gasteiger partial charge in [-0.25, -0.2) is 0 Å². The number of nitrogens with two attached hydrogens (primary N) is 1. The maximum Gasteiger partial charge on any atom is 0.240 e. The van der Waals surface area contributed by atoms with Gasteiger partial charge < -0.3 is 10.2 Å². The average Bonchev–Trinajstić information content (AvgIpc) is 2.40. The van der Waals surface area contributed by atoms with Crippen molar-refractivity contribution < 1.29 is 9.28 Å². The van der Waals surface area contributed by atoms with Crippen LogP contribution in [0.25, 0.3) is 0 Å². The summed E-state index contributed by atoms with van der Waals surface area (Å²) in [6.45, 7) is 17.7. The Hall–Kier alpha value is -0.830. The first kappa shape index (κ1) is 19.5. The third-order valence-electron chi connectivity index (χ3n) is 3.70. The largest absolute Gasteiger partial charge is 0.366 e. The molecule has 0 aromatic heterocycles. The number of amides is 1. The molecule has 0 spiro atoms. The Bertz CT molecular complexity index is 202. The molecule has 3 heteroatoms. The molecule has 0 aromatic carbocycles. The number of primary amides is 1. The lowest BCUT2D eigenvalue weighted by atomic mass is 10.2. The second-order valence-electron chi connectivity index (χ2n) is 4.68. The molecule has 0 rings (SSSR count). The minimum absolute atomic E-state index is 0.481. The van der Waals surface area contributed by atoms with Crippen molar-refractivity contribution in [3.05, 3.63) is 12.7 Å². The lowest BCUT2D eigenvalue weighted by Gasteiger charge is -2.35. The van der Waals surface area contributed by atoms with Crippen molar-refractivity contribution in [3.63, 3.8) is 0 Å². The first-order valence-corrected chi connectivity index (χ1v) is 7.28. The van der Waals surface area contributed by atoms with Crippen molar-refractivity contribution in [1.29, 1.82) is 0 Å². The summed E-state index contributed by atoms with van der Waals surface area (Å²) in [6, 6.07) is 0. The highest BCUT2D eigenvalue weighted by molar-refractivity contribution is 5.84. The summed E-state index contributed by atoms with van der Waals surface area (Å²) < 4.78 is 1.32. The molecule has 0 radical (unpaired) electrons. The Labute approximate surface area is 114 Å². The quantitative estimate of drug-likeness (QED) is 0.385. The highest BCUT2D eigenvalue weighted by Gasteiger charge is 2.19. The zero-order valence-corrected chi connectivity index (χ0v) is 12.9. The van der Waals surface area contributed by atoms with Crippen molar-refractivity contribution in [1.82, 2.24) is 0 Å². The van der Waals surface area contributed by atoms with E-state index in [1.54, 1.807) is 0 Å². The molecular formula is C15H33N2O+. The van der Waals surface area contributed by atoms with E-state index < -0.39 is 5.91 Å². The summed E-state index contributed by atoms with van der Waals surface area (Å²) in [7, 11) is 0. The Kier molecular flexibility index (Phi) is 13.7. The maximum atomic E-state index is 9.47. The Balaban J connectivity index is 0. The molecule has 108 valence electrons. The van der Waals surface area contributed by atoms with Crippen LogP contribution >= 0.6 is 0 Å². The molecule has 1 amide bonds. The molecule has 0 aliphatic heterocycles. The lowest BCUT2D eigenvalue weighted by molar-refractivity contribution is -0.923. The normalized spacial score (nSPS) is 10.4. The van der Waals surface area contributed by atoms with E-state index in [0.717, 1.165) is 6.08 Å². The first-order chi connectivity index (χ1) is 8.51. The second-order valence-corrected chi connectivity index (χ2v) is 4.68. The molecule has 0 bridgehead atoms. The molecule has 3 nitrogen and oxygen atoms in total. The Morgan fingerprint density at radius 3 is 1.78 bits per heavy atom. The van der Waals surface area contributed by atoms with Crippen LogP contribution in [0.1, 0.15) is 53.4 Å². The van der Waals surface area contributed by atoms with Crippen LogP contribution in [0.5, 0.6) is 0 Å². The summed E-state index contributed by atoms with van der Waals surface area (Å²) in [5.41, 5.74) is 4.53. The fraction of sp³-hybridized carbons (Fsp3) is 0.800. The number of carbonyl (C=O) groups is 1. The Morgan fingerprint density at radius 1 is 1.06 bits per heavy atom. The van der Waals surface area contributed by atoms with Gasteiger partial charge in [-0.2, -0.15) is 0 Å². The first-order valence-electron chi connectivity index (χ1n) is 7.28. The predicted octanol–water partition coefficient (Wildman–Crippen LogP) is 3.10. The SMILES string of the molecule is C=CC(N)=O.CCCCCC[N+](CC)(CC)CC. The standard InChI is InChI=1S/C12H28N.C3H5NO/c1-5-9-10-11-12-13(6-2,7-3)8-4;1-2-3(4)5/h5-12H2,1-4H3;2H,1H2,(H2,4,5)/q+1;. The molecule has 0 aromatic rings. The van der Waals surface area contributed by atoms with Gasteiger partial charge in [-0.3, -0.25) is 4.79 Å². The molecule has 0 aliphatic rings. The number of carbonyl (C=O) groups excluding carboxylic acids is 1. The molecule has 0 unspecified atom stereocenters. The highest BCUT2D eigenvalue weighted by atomic mass is 16.1. The topological polar surface area (TPSA) is 43.1 Å². The van der Waals surface area contributed by atoms with Gasteiger partial charge >= 0.3 is 0 Å². The van der Waals surface area contributed by atoms with Gasteiger partial charge in [-0.15, -0.1) is 0 Å². The van der Waals surface area contributed by atoms with Crippen LogP contribution in [0.3, 0.4) is 0 Å². The smallest absolute Gasteiger partial charge is 0.240 e. The molecule has 0 atom stereocenters. The molecule has 0 aliphatic carbocycles. The van der Waals surface area contributed by atoms with Crippen molar-refractivity contribution in [3.8, 4) is 0 Å². The van der Waals surface area contributed by atoms with Gasteiger partial charge in [0.25, 0.3) is 0 Å². The van der Waals surface area contributed by atoms with E-state index in [9.17, 15) is 4.79 Å². The number of hydrogen-bond acceptors (Lipinski definition) is 1. The van der Waals surface area contributed by atoms with Gasteiger partial charge in [-0.1, -0.05) is 26.3 Å². The summed E-state index contributed by atoms with van der Waals surface area (Å²) in [6.07, 6.45) is 6.67. The van der Waals surface area contributed by atoms with E-state index in [2.05, 4.69) is 40.0 Å². The fourth-order valence-corrected chi connectivity index (χ4v) is 2.02. The van der Waals surface area contributed by atoms with Crippen LogP contribution in [-0.2, 0) is 4.79 Å². The van der Waals surface area contributed by atoms with E-state index in [0.29, 0.717) is 0 Å². The van der Waals surface area contributed by atoms with Crippen molar-refractivity contribution in [2.75, 3.05) is 26.2 Å². The zero-order chi connectivity index (χ0) is 14.4.